The van der Waals surface area contributed by atoms with Crippen LogP contribution in [0.15, 0.2) is 23.8 Å². The number of aliphatic hydroxyl groups excluding tert-OH is 4. The number of hydrogen-bond acceptors (Lipinski definition) is 20. The van der Waals surface area contributed by atoms with E-state index in [0.29, 0.717) is 12.0 Å². The molecule has 0 aliphatic carbocycles. The van der Waals surface area contributed by atoms with Gasteiger partial charge in [-0.1, -0.05) is 38.5 Å². The van der Waals surface area contributed by atoms with E-state index in [1.165, 1.54) is 27.2 Å². The summed E-state index contributed by atoms with van der Waals surface area (Å²) in [5.74, 6) is -6.21. The van der Waals surface area contributed by atoms with Crippen LogP contribution in [0.1, 0.15) is 93.9 Å². The third-order valence-corrected chi connectivity index (χ3v) is 13.7. The van der Waals surface area contributed by atoms with Crippen molar-refractivity contribution in [3.8, 4) is 0 Å². The van der Waals surface area contributed by atoms with Crippen LogP contribution in [0.5, 0.6) is 0 Å². The minimum atomic E-state index is -1.49. The van der Waals surface area contributed by atoms with Gasteiger partial charge in [-0.3, -0.25) is 19.2 Å². The molecule has 71 heavy (non-hydrogen) atoms. The molecule has 0 radical (unpaired) electrons. The summed E-state index contributed by atoms with van der Waals surface area (Å²) in [7, 11) is 6.43. The molecule has 0 aromatic carbocycles. The van der Waals surface area contributed by atoms with Crippen LogP contribution in [0.4, 0.5) is 0 Å². The zero-order chi connectivity index (χ0) is 53.7. The zero-order valence-corrected chi connectivity index (χ0v) is 43.1. The number of carbonyl (C=O) groups is 5. The van der Waals surface area contributed by atoms with Gasteiger partial charge in [0.2, 0.25) is 0 Å². The van der Waals surface area contributed by atoms with Crippen LogP contribution in [0, 0.1) is 23.7 Å². The minimum Gasteiger partial charge on any atom is -0.481 e. The normalized spacial score (nSPS) is 42.2. The lowest BCUT2D eigenvalue weighted by Crippen LogP contribution is -2.65. The topological polar surface area (TPSA) is 313 Å². The first-order valence-electron chi connectivity index (χ1n) is 24.2. The average molecular weight is 1020 g/mol. The van der Waals surface area contributed by atoms with E-state index in [1.54, 1.807) is 59.7 Å². The molecule has 0 bridgehead atoms. The van der Waals surface area contributed by atoms with E-state index in [2.05, 4.69) is 0 Å². The van der Waals surface area contributed by atoms with E-state index in [-0.39, 0.29) is 31.7 Å². The number of hydrogen-bond donors (Lipinski definition) is 7. The van der Waals surface area contributed by atoms with E-state index < -0.39 is 158 Å². The number of methoxy groups -OCH3 is 2. The summed E-state index contributed by atoms with van der Waals surface area (Å²) in [5, 5.41) is 71.2. The highest BCUT2D eigenvalue weighted by atomic mass is 16.7. The van der Waals surface area contributed by atoms with Crippen molar-refractivity contribution in [2.24, 2.45) is 23.7 Å². The van der Waals surface area contributed by atoms with Crippen molar-refractivity contribution in [3.63, 3.8) is 0 Å². The molecule has 0 amide bonds. The number of ether oxygens (including phenoxy) is 9. The minimum absolute atomic E-state index is 0.00788. The maximum absolute atomic E-state index is 13.8. The Kier molecular flexibility index (Phi) is 24.8. The highest BCUT2D eigenvalue weighted by molar-refractivity contribution is 5.91. The second-order valence-corrected chi connectivity index (χ2v) is 19.7. The van der Waals surface area contributed by atoms with E-state index in [0.717, 1.165) is 6.29 Å². The van der Waals surface area contributed by atoms with Gasteiger partial charge in [0, 0.05) is 44.8 Å². The van der Waals surface area contributed by atoms with Crippen molar-refractivity contribution in [1.82, 2.24) is 4.90 Å². The fraction of sp³-hybridized carbons (Fsp3) is 0.816. The van der Waals surface area contributed by atoms with Gasteiger partial charge in [-0.05, 0) is 73.5 Å². The summed E-state index contributed by atoms with van der Waals surface area (Å²) in [6.07, 6.45) is -9.29. The van der Waals surface area contributed by atoms with E-state index in [1.807, 2.05) is 19.9 Å². The number of aldehydes is 1. The number of esters is 1. The second kappa shape index (κ2) is 28.4. The second-order valence-electron chi connectivity index (χ2n) is 19.7. The molecule has 3 fully saturated rings. The molecule has 3 saturated heterocycles. The molecule has 408 valence electrons. The van der Waals surface area contributed by atoms with Crippen LogP contribution in [0.25, 0.3) is 0 Å². The third-order valence-electron chi connectivity index (χ3n) is 13.7. The van der Waals surface area contributed by atoms with Gasteiger partial charge in [0.05, 0.1) is 55.2 Å². The van der Waals surface area contributed by atoms with Gasteiger partial charge in [-0.25, -0.2) is 0 Å². The summed E-state index contributed by atoms with van der Waals surface area (Å²) in [5.41, 5.74) is -0.806. The van der Waals surface area contributed by atoms with Crippen LogP contribution in [0.3, 0.4) is 0 Å². The molecule has 0 aromatic heterocycles. The summed E-state index contributed by atoms with van der Waals surface area (Å²) >= 11 is 0. The molecule has 22 nitrogen and oxygen atoms in total. The van der Waals surface area contributed by atoms with Gasteiger partial charge in [0.15, 0.2) is 24.7 Å². The van der Waals surface area contributed by atoms with E-state index in [4.69, 9.17) is 52.8 Å². The number of carboxylic acid groups (broad SMARTS) is 2. The Bertz CT molecular complexity index is 1760. The first-order chi connectivity index (χ1) is 33.2. The van der Waals surface area contributed by atoms with Crippen molar-refractivity contribution in [2.75, 3.05) is 34.9 Å². The first kappa shape index (κ1) is 62.0. The van der Waals surface area contributed by atoms with Crippen molar-refractivity contribution in [1.29, 1.82) is 0 Å². The number of ketones is 1. The van der Waals surface area contributed by atoms with Crippen molar-refractivity contribution < 1.29 is 102 Å². The van der Waals surface area contributed by atoms with Crippen LogP contribution in [0.2, 0.25) is 0 Å². The number of carboxylic acids is 2. The lowest BCUT2D eigenvalue weighted by molar-refractivity contribution is -0.341. The molecule has 1 unspecified atom stereocenters. The van der Waals surface area contributed by atoms with Crippen LogP contribution >= 0.6 is 0 Å². The Labute approximate surface area is 416 Å². The molecular weight excluding hydrogens is 939 g/mol. The number of aliphatic hydroxyl groups is 5. The number of likely N-dealkylation sites (N-methyl/N-ethyl adjacent to an activating group) is 1. The van der Waals surface area contributed by atoms with Gasteiger partial charge in [0.25, 0.3) is 0 Å². The van der Waals surface area contributed by atoms with Crippen LogP contribution < -0.4 is 0 Å². The maximum Gasteiger partial charge on any atom is 0.314 e. The monoisotopic (exact) mass is 1020 g/mol. The van der Waals surface area contributed by atoms with Gasteiger partial charge in [-0.2, -0.15) is 0 Å². The lowest BCUT2D eigenvalue weighted by atomic mass is 9.79. The fourth-order valence-electron chi connectivity index (χ4n) is 9.64. The number of allylic oxidation sites excluding steroid dienone is 3. The predicted octanol–water partition coefficient (Wildman–Crippen LogP) is 1.38. The van der Waals surface area contributed by atoms with Crippen LogP contribution in [-0.4, -0.2) is 209 Å². The summed E-state index contributed by atoms with van der Waals surface area (Å²) in [6.45, 7) is 13.6. The quantitative estimate of drug-likeness (QED) is 0.0692. The standard InChI is InChI=1S/C46H77NO17.C3H4O4/c1-13-33-30(22-58-45-42(57-12)41(56-11)37(52)26(5)60-45)18-23(2)14-15-31(49)24(3)19-29(16-17-48)39(25(4)32(50)20-34(51)62-33)64-44-38(53)36(47(9)10)40(27(6)61-44)63-35-21-46(8,55)43(54)28(7)59-35;4-2(5)1-3(6)7/h14-15,17-18,24-30,32-33,35-45,50,52-55H,13,16,19-22H2,1-12H3;1H2,(H,4,5)(H,6,7)/b15-14+,23-18+;/t24-,25+,26-,27-,28+,29+,30?,32-,33-,35+,36-,37-,38-,39-,40-,41-,42-,43+,44-,45-,46-;/m1./s1. The Morgan fingerprint density at radius 2 is 1.46 bits per heavy atom. The summed E-state index contributed by atoms with van der Waals surface area (Å²) in [6, 6.07) is -0.748. The van der Waals surface area contributed by atoms with Crippen LogP contribution in [-0.2, 0) is 66.6 Å². The maximum atomic E-state index is 13.8. The first-order valence-corrected chi connectivity index (χ1v) is 24.2. The number of aliphatic carboxylic acids is 2. The average Bonchev–Trinajstić information content (AvgIpc) is 3.28. The molecule has 0 aromatic rings. The SMILES string of the molecule is CC[C@H]1OC(=O)C[C@@H](O)[C@H](C)[C@@H](O[C@H]2O[C@H](C)[C@@H](O[C@H]3C[C@@](C)(O)[C@@H](O)[C@H](C)O3)[C@H](N(C)C)[C@H]2O)[C@@H](CC=O)C[C@@H](C)C(=O)/C=C/C(C)=C/C1CO[C@@H]1O[C@H](C)[C@@H](O)[C@@H](OC)[C@H]1OC.O=C(O)CC(=O)O. The van der Waals surface area contributed by atoms with E-state index >= 15 is 0 Å². The molecule has 4 aliphatic rings. The van der Waals surface area contributed by atoms with Crippen molar-refractivity contribution in [2.45, 2.75) is 198 Å². The van der Waals surface area contributed by atoms with E-state index in [9.17, 15) is 49.5 Å². The molecule has 21 atom stereocenters. The number of rotatable bonds is 15. The van der Waals surface area contributed by atoms with Crippen molar-refractivity contribution >= 4 is 30.0 Å². The number of carbonyl (C=O) groups excluding carboxylic acids is 3. The third kappa shape index (κ3) is 17.4. The highest BCUT2D eigenvalue weighted by Crippen LogP contribution is 2.37. The largest absolute Gasteiger partial charge is 0.481 e. The number of cyclic esters (lactones) is 1. The molecule has 22 heteroatoms. The molecular formula is C49H81NO21. The van der Waals surface area contributed by atoms with Gasteiger partial charge in [-0.15, -0.1) is 0 Å². The van der Waals surface area contributed by atoms with Gasteiger partial charge >= 0.3 is 17.9 Å². The molecule has 4 aliphatic heterocycles. The number of nitrogens with zero attached hydrogens (tertiary/aromatic N) is 1. The van der Waals surface area contributed by atoms with Gasteiger partial charge in [0.1, 0.15) is 55.4 Å². The smallest absolute Gasteiger partial charge is 0.314 e. The molecule has 4 rings (SSSR count). The zero-order valence-electron chi connectivity index (χ0n) is 43.1. The molecule has 4 heterocycles. The molecule has 0 saturated carbocycles. The van der Waals surface area contributed by atoms with Gasteiger partial charge < -0.3 is 88.1 Å². The fourth-order valence-corrected chi connectivity index (χ4v) is 9.64. The summed E-state index contributed by atoms with van der Waals surface area (Å²) in [4.78, 5) is 60.4. The Balaban J connectivity index is 0.00000176. The molecule has 7 N–H and O–H groups in total. The molecule has 0 spiro atoms. The predicted molar refractivity (Wildman–Crippen MR) is 250 cm³/mol. The lowest BCUT2D eigenvalue weighted by Gasteiger charge is -2.50. The Morgan fingerprint density at radius 3 is 2.00 bits per heavy atom. The highest BCUT2D eigenvalue weighted by Gasteiger charge is 2.52. The Hall–Kier alpha value is -3.33. The van der Waals surface area contributed by atoms with Crippen molar-refractivity contribution in [3.05, 3.63) is 23.8 Å². The summed E-state index contributed by atoms with van der Waals surface area (Å²) < 4.78 is 54.7. The Morgan fingerprint density at radius 1 is 0.845 bits per heavy atom.